The number of aliphatic hydroxyl groups is 6. The van der Waals surface area contributed by atoms with Crippen LogP contribution in [-0.4, -0.2) is 205 Å². The van der Waals surface area contributed by atoms with E-state index in [2.05, 4.69) is 13.0 Å². The minimum atomic E-state index is -1.67. The maximum atomic E-state index is 13.9. The van der Waals surface area contributed by atoms with Gasteiger partial charge in [-0.1, -0.05) is 43.7 Å². The van der Waals surface area contributed by atoms with Crippen molar-refractivity contribution in [3.8, 4) is 0 Å². The highest BCUT2D eigenvalue weighted by Gasteiger charge is 2.72. The SMILES string of the molecule is CO[C@@H]1[C@@H](O)[C@H](O[C@H]2[C@@H](OC)C[C@H](O[C@H]3[C@@H](OC)C[C@H](O[C@H]4CC[C@@]5(C)C(=CC[C@@H]6[C@@H]5C[C@@H](OC(=O)c5ccccc5)[C@]5(C)[C@@H]([C@@H](C)OC(C)=O)CC[C@]65O)C4)O[C@@H]3C)O[C@@H]2C)O[C@H](C)[C@H]1O[C@@H]1O[C@H](CO)[C@@H](O)[C@H](O)[C@H]1O. The first-order valence-corrected chi connectivity index (χ1v) is 28.1. The predicted molar refractivity (Wildman–Crippen MR) is 273 cm³/mol. The lowest BCUT2D eigenvalue weighted by atomic mass is 9.44. The molecule has 78 heavy (non-hydrogen) atoms. The largest absolute Gasteiger partial charge is 0.463 e. The second-order valence-electron chi connectivity index (χ2n) is 23.7. The number of fused-ring (bicyclic) bond motifs is 5. The van der Waals surface area contributed by atoms with Gasteiger partial charge in [0.2, 0.25) is 0 Å². The predicted octanol–water partition coefficient (Wildman–Crippen LogP) is 3.23. The molecule has 7 fully saturated rings. The van der Waals surface area contributed by atoms with Gasteiger partial charge >= 0.3 is 11.9 Å². The number of hydrogen-bond acceptors (Lipinski definition) is 21. The van der Waals surface area contributed by atoms with Gasteiger partial charge in [-0.25, -0.2) is 4.79 Å². The van der Waals surface area contributed by atoms with Crippen molar-refractivity contribution in [2.45, 2.75) is 241 Å². The van der Waals surface area contributed by atoms with E-state index in [1.807, 2.05) is 45.9 Å². The summed E-state index contributed by atoms with van der Waals surface area (Å²) in [5.74, 6) is -1.11. The van der Waals surface area contributed by atoms with Crippen molar-refractivity contribution < 1.29 is 102 Å². The van der Waals surface area contributed by atoms with Crippen LogP contribution in [0.5, 0.6) is 0 Å². The Morgan fingerprint density at radius 3 is 1.95 bits per heavy atom. The van der Waals surface area contributed by atoms with E-state index in [-0.39, 0.29) is 41.7 Å². The van der Waals surface area contributed by atoms with Crippen molar-refractivity contribution in [2.75, 3.05) is 27.9 Å². The van der Waals surface area contributed by atoms with E-state index >= 15 is 0 Å². The number of aliphatic hydroxyl groups excluding tert-OH is 5. The third-order valence-corrected chi connectivity index (χ3v) is 19.5. The molecule has 0 spiro atoms. The zero-order valence-electron chi connectivity index (χ0n) is 46.7. The maximum Gasteiger partial charge on any atom is 0.338 e. The number of carbonyl (C=O) groups excluding carboxylic acids is 2. The highest BCUT2D eigenvalue weighted by atomic mass is 16.8. The Morgan fingerprint density at radius 2 is 1.32 bits per heavy atom. The molecule has 4 heterocycles. The van der Waals surface area contributed by atoms with Crippen LogP contribution in [0, 0.1) is 28.6 Å². The monoisotopic (exact) mass is 1110 g/mol. The standard InChI is InChI=1S/C57H86O21/c1-27(69-31(5)59)35-19-21-57(65)36-17-16-33-22-34(18-20-55(33,6)37(36)23-41(56(35,57)7)75-52(64)32-14-12-11-13-15-32)73-42-24-38(66-8)48(28(2)70-42)76-43-25-39(67-9)49(29(3)71-43)77-54-47(63)51(68-10)50(30(4)72-54)78-53-46(62)45(61)44(60)40(26-58)74-53/h11-16,27-30,34-51,53-54,58,60-63,65H,17-26H2,1-10H3/t27-,28-,29-,30-,34+,35-,36-,37+,38+,39+,40-,41-,42+,43+,44-,45+,46-,47-,48-,49-,50-,51-,53+,54+,55+,56+,57+/m1/s1. The van der Waals surface area contributed by atoms with Gasteiger partial charge in [-0.2, -0.15) is 0 Å². The van der Waals surface area contributed by atoms with Crippen LogP contribution in [0.25, 0.3) is 0 Å². The third-order valence-electron chi connectivity index (χ3n) is 19.5. The summed E-state index contributed by atoms with van der Waals surface area (Å²) in [6, 6.07) is 8.95. The van der Waals surface area contributed by atoms with Crippen molar-refractivity contribution in [1.82, 2.24) is 0 Å². The van der Waals surface area contributed by atoms with Crippen molar-refractivity contribution in [3.63, 3.8) is 0 Å². The van der Waals surface area contributed by atoms with E-state index in [0.717, 1.165) is 12.8 Å². The molecule has 0 aromatic heterocycles. The van der Waals surface area contributed by atoms with Crippen LogP contribution in [0.1, 0.15) is 117 Å². The molecular weight excluding hydrogens is 1020 g/mol. The normalized spacial score (nSPS) is 47.9. The van der Waals surface area contributed by atoms with Gasteiger partial charge in [0.15, 0.2) is 25.2 Å². The van der Waals surface area contributed by atoms with Crippen molar-refractivity contribution >= 4 is 11.9 Å². The summed E-state index contributed by atoms with van der Waals surface area (Å²) in [5, 5.41) is 65.6. The molecule has 1 aromatic carbocycles. The van der Waals surface area contributed by atoms with Crippen LogP contribution in [0.2, 0.25) is 0 Å². The number of hydrogen-bond donors (Lipinski definition) is 6. The topological polar surface area (TPSA) is 276 Å². The van der Waals surface area contributed by atoms with Crippen LogP contribution >= 0.6 is 0 Å². The number of methoxy groups -OCH3 is 3. The lowest BCUT2D eigenvalue weighted by Gasteiger charge is -2.63. The van der Waals surface area contributed by atoms with Crippen molar-refractivity contribution in [1.29, 1.82) is 0 Å². The molecule has 21 heteroatoms. The van der Waals surface area contributed by atoms with E-state index in [1.165, 1.54) is 19.6 Å². The van der Waals surface area contributed by atoms with Crippen molar-refractivity contribution in [2.24, 2.45) is 28.6 Å². The van der Waals surface area contributed by atoms with Gasteiger partial charge in [0.1, 0.15) is 67.1 Å². The van der Waals surface area contributed by atoms with Crippen LogP contribution in [0.4, 0.5) is 0 Å². The Labute approximate surface area is 457 Å². The molecule has 0 radical (unpaired) electrons. The number of esters is 2. The fourth-order valence-corrected chi connectivity index (χ4v) is 15.2. The number of allylic oxidation sites excluding steroid dienone is 1. The second kappa shape index (κ2) is 24.2. The van der Waals surface area contributed by atoms with Crippen LogP contribution in [0.15, 0.2) is 42.0 Å². The summed E-state index contributed by atoms with van der Waals surface area (Å²) in [6.07, 6.45) is -11.5. The number of rotatable bonds is 16. The molecule has 440 valence electrons. The fraction of sp³-hybridized carbons (Fsp3) is 0.825. The molecule has 27 atom stereocenters. The first kappa shape index (κ1) is 59.8. The van der Waals surface area contributed by atoms with E-state index < -0.39 is 146 Å². The van der Waals surface area contributed by atoms with Gasteiger partial charge < -0.3 is 92.2 Å². The minimum Gasteiger partial charge on any atom is -0.463 e. The Kier molecular flexibility index (Phi) is 18.6. The maximum absolute atomic E-state index is 13.9. The van der Waals surface area contributed by atoms with Gasteiger partial charge in [0, 0.05) is 52.4 Å². The van der Waals surface area contributed by atoms with Crippen LogP contribution < -0.4 is 0 Å². The second-order valence-corrected chi connectivity index (χ2v) is 23.7. The molecule has 4 saturated heterocycles. The lowest BCUT2D eigenvalue weighted by molar-refractivity contribution is -0.373. The summed E-state index contributed by atoms with van der Waals surface area (Å²) in [7, 11) is 4.56. The van der Waals surface area contributed by atoms with Gasteiger partial charge in [0.05, 0.1) is 54.4 Å². The Balaban J connectivity index is 0.809. The highest BCUT2D eigenvalue weighted by Crippen LogP contribution is 2.69. The Hall–Kier alpha value is -2.78. The fourth-order valence-electron chi connectivity index (χ4n) is 15.2. The molecule has 3 saturated carbocycles. The van der Waals surface area contributed by atoms with E-state index in [1.54, 1.807) is 33.3 Å². The van der Waals surface area contributed by atoms with E-state index in [0.29, 0.717) is 44.1 Å². The Bertz CT molecular complexity index is 2220. The average molecular weight is 1110 g/mol. The molecule has 1 aromatic rings. The Morgan fingerprint density at radius 1 is 0.705 bits per heavy atom. The molecule has 8 aliphatic rings. The molecular formula is C57H86O21. The molecule has 21 nitrogen and oxygen atoms in total. The summed E-state index contributed by atoms with van der Waals surface area (Å²) >= 11 is 0. The first-order chi connectivity index (χ1) is 37.1. The molecule has 9 rings (SSSR count). The summed E-state index contributed by atoms with van der Waals surface area (Å²) in [5.41, 5.74) is -0.617. The summed E-state index contributed by atoms with van der Waals surface area (Å²) in [4.78, 5) is 26.1. The third kappa shape index (κ3) is 11.1. The highest BCUT2D eigenvalue weighted by molar-refractivity contribution is 5.89. The zero-order chi connectivity index (χ0) is 56.2. The zero-order valence-corrected chi connectivity index (χ0v) is 46.7. The molecule has 6 N–H and O–H groups in total. The molecule has 4 aliphatic heterocycles. The van der Waals surface area contributed by atoms with Crippen LogP contribution in [0.3, 0.4) is 0 Å². The quantitative estimate of drug-likeness (QED) is 0.102. The number of benzene rings is 1. The minimum absolute atomic E-state index is 0.0153. The van der Waals surface area contributed by atoms with Crippen LogP contribution in [-0.2, 0) is 66.4 Å². The summed E-state index contributed by atoms with van der Waals surface area (Å²) < 4.78 is 80.6. The van der Waals surface area contributed by atoms with E-state index in [4.69, 9.17) is 61.6 Å². The first-order valence-electron chi connectivity index (χ1n) is 28.1. The molecule has 0 unspecified atom stereocenters. The summed E-state index contributed by atoms with van der Waals surface area (Å²) in [6.45, 7) is 12.4. The average Bonchev–Trinajstić information content (AvgIpc) is 3.95. The van der Waals surface area contributed by atoms with Gasteiger partial charge in [-0.3, -0.25) is 4.79 Å². The number of ether oxygens (including phenoxy) is 13. The van der Waals surface area contributed by atoms with Gasteiger partial charge in [0.25, 0.3) is 0 Å². The van der Waals surface area contributed by atoms with Crippen molar-refractivity contribution in [3.05, 3.63) is 47.5 Å². The molecule has 4 aliphatic carbocycles. The smallest absolute Gasteiger partial charge is 0.338 e. The molecule has 0 bridgehead atoms. The lowest BCUT2D eigenvalue weighted by Crippen LogP contribution is -2.67. The van der Waals surface area contributed by atoms with Gasteiger partial charge in [-0.15, -0.1) is 0 Å². The van der Waals surface area contributed by atoms with Gasteiger partial charge in [-0.05, 0) is 102 Å². The number of carbonyl (C=O) groups is 2. The molecule has 0 amide bonds. The van der Waals surface area contributed by atoms with E-state index in [9.17, 15) is 40.2 Å².